The van der Waals surface area contributed by atoms with E-state index in [-0.39, 0.29) is 18.8 Å². The summed E-state index contributed by atoms with van der Waals surface area (Å²) in [5, 5.41) is 44.9. The smallest absolute Gasteiger partial charge is 0.160 e. The van der Waals surface area contributed by atoms with Gasteiger partial charge in [0.05, 0.1) is 18.8 Å². The zero-order valence-corrected chi connectivity index (χ0v) is 15.9. The van der Waals surface area contributed by atoms with Crippen molar-refractivity contribution in [3.8, 4) is 0 Å². The topological polar surface area (TPSA) is 130 Å². The normalized spacial score (nSPS) is 36.0. The molecule has 3 heterocycles. The number of aliphatic hydroxyl groups excluding tert-OH is 3. The Bertz CT molecular complexity index is 789. The van der Waals surface area contributed by atoms with Crippen LogP contribution in [0.25, 0.3) is 0 Å². The monoisotopic (exact) mass is 410 g/mol. The van der Waals surface area contributed by atoms with Gasteiger partial charge in [0.2, 0.25) is 0 Å². The number of rotatable bonds is 3. The molecule has 3 aliphatic rings. The number of nitrogens with zero attached hydrogens (tertiary/aromatic N) is 2. The first-order chi connectivity index (χ1) is 13.4. The summed E-state index contributed by atoms with van der Waals surface area (Å²) in [5.74, 6) is 0.178. The van der Waals surface area contributed by atoms with Crippen LogP contribution in [-0.2, 0) is 4.74 Å². The van der Waals surface area contributed by atoms with E-state index < -0.39 is 30.6 Å². The van der Waals surface area contributed by atoms with Gasteiger partial charge in [-0.25, -0.2) is 0 Å². The van der Waals surface area contributed by atoms with Crippen molar-refractivity contribution in [2.24, 2.45) is 10.9 Å². The van der Waals surface area contributed by atoms with Gasteiger partial charge >= 0.3 is 0 Å². The van der Waals surface area contributed by atoms with E-state index in [2.05, 4.69) is 15.8 Å². The number of hydrogen-bond donors (Lipinski definition) is 6. The van der Waals surface area contributed by atoms with Crippen LogP contribution < -0.4 is 10.8 Å². The van der Waals surface area contributed by atoms with Crippen molar-refractivity contribution in [3.63, 3.8) is 0 Å². The number of halogens is 1. The first-order valence-corrected chi connectivity index (χ1v) is 9.39. The number of hydroxylamine groups is 1. The third-order valence-electron chi connectivity index (χ3n) is 5.53. The maximum absolute atomic E-state index is 10.7. The van der Waals surface area contributed by atoms with Gasteiger partial charge in [-0.2, -0.15) is 0 Å². The van der Waals surface area contributed by atoms with E-state index in [1.165, 1.54) is 0 Å². The molecule has 0 saturated carbocycles. The minimum Gasteiger partial charge on any atom is -0.387 e. The highest BCUT2D eigenvalue weighted by atomic mass is 35.5. The zero-order valence-electron chi connectivity index (χ0n) is 15.1. The fourth-order valence-corrected chi connectivity index (χ4v) is 4.23. The minimum atomic E-state index is -1.28. The van der Waals surface area contributed by atoms with Crippen molar-refractivity contribution >= 4 is 17.4 Å². The van der Waals surface area contributed by atoms with Crippen LogP contribution >= 0.6 is 11.6 Å². The highest BCUT2D eigenvalue weighted by molar-refractivity contribution is 6.30. The Morgan fingerprint density at radius 3 is 2.68 bits per heavy atom. The maximum Gasteiger partial charge on any atom is 0.160 e. The lowest BCUT2D eigenvalue weighted by Gasteiger charge is -2.37. The number of nitrogens with one attached hydrogen (secondary N) is 2. The molecule has 1 saturated heterocycles. The largest absolute Gasteiger partial charge is 0.387 e. The molecule has 1 aromatic carbocycles. The molecule has 0 spiro atoms. The molecular weight excluding hydrogens is 388 g/mol. The average Bonchev–Trinajstić information content (AvgIpc) is 3.19. The summed E-state index contributed by atoms with van der Waals surface area (Å²) in [6.45, 7) is 2.17. The molecular formula is C18H23ClN4O5. The molecule has 0 aromatic heterocycles. The van der Waals surface area contributed by atoms with Gasteiger partial charge in [-0.15, -0.1) is 0 Å². The second-order valence-corrected chi connectivity index (χ2v) is 7.67. The van der Waals surface area contributed by atoms with Crippen molar-refractivity contribution in [1.82, 2.24) is 15.7 Å². The van der Waals surface area contributed by atoms with Gasteiger partial charge in [0.15, 0.2) is 6.23 Å². The lowest BCUT2D eigenvalue weighted by atomic mass is 9.98. The van der Waals surface area contributed by atoms with E-state index in [1.807, 2.05) is 6.92 Å². The van der Waals surface area contributed by atoms with Crippen LogP contribution in [-0.4, -0.2) is 68.6 Å². The second-order valence-electron chi connectivity index (χ2n) is 7.23. The molecule has 0 amide bonds. The van der Waals surface area contributed by atoms with E-state index in [1.54, 1.807) is 35.4 Å². The molecule has 1 fully saturated rings. The molecule has 7 atom stereocenters. The van der Waals surface area contributed by atoms with Crippen molar-refractivity contribution in [3.05, 3.63) is 46.6 Å². The molecule has 0 radical (unpaired) electrons. The van der Waals surface area contributed by atoms with E-state index in [9.17, 15) is 20.5 Å². The van der Waals surface area contributed by atoms with E-state index in [0.29, 0.717) is 16.4 Å². The summed E-state index contributed by atoms with van der Waals surface area (Å²) >= 11 is 5.88. The molecule has 0 bridgehead atoms. The molecule has 0 aliphatic carbocycles. The molecule has 9 nitrogen and oxygen atoms in total. The fraction of sp³-hybridized carbons (Fsp3) is 0.500. The first kappa shape index (κ1) is 19.6. The summed E-state index contributed by atoms with van der Waals surface area (Å²) in [6.07, 6.45) is -4.05. The molecule has 28 heavy (non-hydrogen) atoms. The number of aliphatic hydroxyl groups is 3. The van der Waals surface area contributed by atoms with E-state index >= 15 is 0 Å². The Hall–Kier alpha value is -1.72. The molecule has 1 aromatic rings. The van der Waals surface area contributed by atoms with Gasteiger partial charge in [-0.05, 0) is 30.2 Å². The van der Waals surface area contributed by atoms with Gasteiger partial charge in [0.25, 0.3) is 0 Å². The summed E-state index contributed by atoms with van der Waals surface area (Å²) < 4.78 is 5.92. The van der Waals surface area contributed by atoms with Crippen molar-refractivity contribution < 1.29 is 25.3 Å². The Kier molecular flexibility index (Phi) is 5.32. The number of aliphatic imine (C=N–C) groups is 1. The quantitative estimate of drug-likeness (QED) is 0.382. The summed E-state index contributed by atoms with van der Waals surface area (Å²) in [5.41, 5.74) is 3.57. The summed E-state index contributed by atoms with van der Waals surface area (Å²) in [6, 6.07) is 6.58. The van der Waals surface area contributed by atoms with Crippen molar-refractivity contribution in [2.75, 3.05) is 6.67 Å². The molecule has 152 valence electrons. The average molecular weight is 411 g/mol. The predicted octanol–water partition coefficient (Wildman–Crippen LogP) is -0.0802. The van der Waals surface area contributed by atoms with Gasteiger partial charge in [0, 0.05) is 11.2 Å². The van der Waals surface area contributed by atoms with Crippen LogP contribution in [0.4, 0.5) is 0 Å². The first-order valence-electron chi connectivity index (χ1n) is 9.01. The highest BCUT2D eigenvalue weighted by Gasteiger charge is 2.52. The van der Waals surface area contributed by atoms with Crippen LogP contribution in [0.3, 0.4) is 0 Å². The van der Waals surface area contributed by atoms with Crippen LogP contribution in [0.15, 0.2) is 41.0 Å². The Morgan fingerprint density at radius 1 is 1.29 bits per heavy atom. The molecule has 2 unspecified atom stereocenters. The van der Waals surface area contributed by atoms with E-state index in [4.69, 9.17) is 16.3 Å². The predicted molar refractivity (Wildman–Crippen MR) is 100 cm³/mol. The Balaban J connectivity index is 1.55. The second kappa shape index (κ2) is 7.60. The third-order valence-corrected chi connectivity index (χ3v) is 5.78. The lowest BCUT2D eigenvalue weighted by molar-refractivity contribution is -0.114. The third kappa shape index (κ3) is 3.18. The van der Waals surface area contributed by atoms with Crippen molar-refractivity contribution in [2.45, 2.75) is 43.7 Å². The van der Waals surface area contributed by atoms with Crippen LogP contribution in [0, 0.1) is 5.92 Å². The molecule has 6 N–H and O–H groups in total. The number of hydrogen-bond acceptors (Lipinski definition) is 9. The summed E-state index contributed by atoms with van der Waals surface area (Å²) in [4.78, 5) is 5.96. The standard InChI is InChI=1S/C18H23ClN4O5/c1-8-6-23(17-11(8)16(22-27)20-7-21-17)18-14(26)13(25)15(28-18)12(24)9-2-4-10(19)5-3-9/h2-6,11-15,17-18,21,24-27H,7H2,1H3,(H,20,22)/t11?,12-,13+,14-,15-,17?,18-/m1/s1. The molecule has 10 heteroatoms. The number of benzene rings is 1. The summed E-state index contributed by atoms with van der Waals surface area (Å²) in [7, 11) is 0. The van der Waals surface area contributed by atoms with Gasteiger partial charge in [-0.1, -0.05) is 23.7 Å². The highest BCUT2D eigenvalue weighted by Crippen LogP contribution is 2.38. The van der Waals surface area contributed by atoms with Crippen molar-refractivity contribution in [1.29, 1.82) is 0 Å². The van der Waals surface area contributed by atoms with Crippen LogP contribution in [0.2, 0.25) is 5.02 Å². The number of fused-ring (bicyclic) bond motifs is 1. The van der Waals surface area contributed by atoms with Crippen LogP contribution in [0.5, 0.6) is 0 Å². The number of amidine groups is 1. The SMILES string of the molecule is CC1=CN([C@@H]2O[C@H]([C@H](O)c3ccc(Cl)cc3)[C@@H](O)[C@H]2O)C2NCN=C(NO)C12. The van der Waals surface area contributed by atoms with Gasteiger partial charge < -0.3 is 25.0 Å². The maximum atomic E-state index is 10.7. The fourth-order valence-electron chi connectivity index (χ4n) is 4.11. The van der Waals surface area contributed by atoms with E-state index in [0.717, 1.165) is 5.57 Å². The number of ether oxygens (including phenoxy) is 1. The van der Waals surface area contributed by atoms with Crippen LogP contribution in [0.1, 0.15) is 18.6 Å². The minimum absolute atomic E-state index is 0.244. The molecule has 3 aliphatic heterocycles. The zero-order chi connectivity index (χ0) is 20.0. The lowest BCUT2D eigenvalue weighted by Crippen LogP contribution is -2.57. The van der Waals surface area contributed by atoms with Gasteiger partial charge in [-0.3, -0.25) is 21.0 Å². The Morgan fingerprint density at radius 2 is 2.00 bits per heavy atom. The van der Waals surface area contributed by atoms with Gasteiger partial charge in [0.1, 0.15) is 30.3 Å². The Labute approximate surface area is 166 Å². The molecule has 4 rings (SSSR count).